The minimum Gasteiger partial charge on any atom is -0.306 e. The fraction of sp³-hybridized carbons (Fsp3) is 0.182. The third-order valence-electron chi connectivity index (χ3n) is 5.21. The molecule has 4 aromatic rings. The van der Waals surface area contributed by atoms with Gasteiger partial charge in [-0.1, -0.05) is 42.5 Å². The number of pyridine rings is 1. The first kappa shape index (κ1) is 19.6. The number of benzene rings is 2. The molecule has 160 valence electrons. The molecule has 2 aromatic carbocycles. The van der Waals surface area contributed by atoms with Gasteiger partial charge in [0.1, 0.15) is 12.2 Å². The molecule has 1 aliphatic rings. The Kier molecular flexibility index (Phi) is 5.16. The van der Waals surface area contributed by atoms with Crippen molar-refractivity contribution >= 4 is 28.4 Å². The van der Waals surface area contributed by atoms with E-state index in [1.54, 1.807) is 18.3 Å². The zero-order valence-corrected chi connectivity index (χ0v) is 17.1. The molecule has 10 nitrogen and oxygen atoms in total. The number of anilines is 1. The monoisotopic (exact) mass is 428 g/mol. The van der Waals surface area contributed by atoms with Crippen molar-refractivity contribution in [1.82, 2.24) is 35.2 Å². The number of urea groups is 1. The molecule has 0 unspecified atom stereocenters. The van der Waals surface area contributed by atoms with Gasteiger partial charge < -0.3 is 5.32 Å². The fourth-order valence-corrected chi connectivity index (χ4v) is 3.71. The number of hydrazine groups is 1. The number of amides is 3. The van der Waals surface area contributed by atoms with Crippen LogP contribution in [0.25, 0.3) is 22.3 Å². The van der Waals surface area contributed by atoms with E-state index in [1.807, 2.05) is 48.5 Å². The second kappa shape index (κ2) is 8.42. The predicted molar refractivity (Wildman–Crippen MR) is 117 cm³/mol. The molecule has 1 aliphatic heterocycles. The maximum Gasteiger partial charge on any atom is 0.340 e. The number of rotatable bonds is 4. The van der Waals surface area contributed by atoms with Crippen LogP contribution in [0.15, 0.2) is 66.9 Å². The summed E-state index contributed by atoms with van der Waals surface area (Å²) < 4.78 is 0. The lowest BCUT2D eigenvalue weighted by Gasteiger charge is -2.28. The van der Waals surface area contributed by atoms with Crippen molar-refractivity contribution in [2.45, 2.75) is 13.0 Å². The van der Waals surface area contributed by atoms with Crippen molar-refractivity contribution in [2.75, 3.05) is 18.4 Å². The molecular weight excluding hydrogens is 408 g/mol. The van der Waals surface area contributed by atoms with Crippen molar-refractivity contribution in [2.24, 2.45) is 0 Å². The Morgan fingerprint density at radius 1 is 0.938 bits per heavy atom. The third-order valence-corrected chi connectivity index (χ3v) is 5.21. The van der Waals surface area contributed by atoms with E-state index >= 15 is 0 Å². The molecule has 0 bridgehead atoms. The van der Waals surface area contributed by atoms with Crippen LogP contribution in [0.4, 0.5) is 10.5 Å². The van der Waals surface area contributed by atoms with Gasteiger partial charge in [0.2, 0.25) is 5.82 Å². The molecule has 0 spiro atoms. The first-order valence-corrected chi connectivity index (χ1v) is 10.2. The molecule has 1 N–H and O–H groups in total. The highest BCUT2D eigenvalue weighted by molar-refractivity contribution is 6.01. The number of carbonyl (C=O) groups excluding carboxylic acids is 2. The summed E-state index contributed by atoms with van der Waals surface area (Å²) in [7, 11) is 0. The molecule has 1 fully saturated rings. The Bertz CT molecular complexity index is 1270. The van der Waals surface area contributed by atoms with Crippen molar-refractivity contribution < 1.29 is 9.59 Å². The molecule has 3 heterocycles. The van der Waals surface area contributed by atoms with Gasteiger partial charge in [-0.2, -0.15) is 4.80 Å². The highest BCUT2D eigenvalue weighted by atomic mass is 16.2. The maximum atomic E-state index is 13.0. The van der Waals surface area contributed by atoms with E-state index in [4.69, 9.17) is 0 Å². The SMILES string of the molecule is O=C(Cn1nnc(-c2ccccn2)n1)N1CCCN1C(=O)Nc1cccc2ccccc12. The smallest absolute Gasteiger partial charge is 0.306 e. The van der Waals surface area contributed by atoms with Crippen LogP contribution in [0.3, 0.4) is 0 Å². The summed E-state index contributed by atoms with van der Waals surface area (Å²) in [6.45, 7) is 0.772. The van der Waals surface area contributed by atoms with Crippen LogP contribution in [-0.4, -0.2) is 60.2 Å². The van der Waals surface area contributed by atoms with Crippen molar-refractivity contribution in [1.29, 1.82) is 0 Å². The number of carbonyl (C=O) groups is 2. The summed E-state index contributed by atoms with van der Waals surface area (Å²) in [6.07, 6.45) is 2.33. The van der Waals surface area contributed by atoms with Crippen LogP contribution in [0.1, 0.15) is 6.42 Å². The normalized spacial score (nSPS) is 13.5. The first-order chi connectivity index (χ1) is 15.7. The quantitative estimate of drug-likeness (QED) is 0.535. The van der Waals surface area contributed by atoms with E-state index in [0.29, 0.717) is 36.7 Å². The summed E-state index contributed by atoms with van der Waals surface area (Å²) >= 11 is 0. The van der Waals surface area contributed by atoms with E-state index in [0.717, 1.165) is 10.8 Å². The molecule has 0 radical (unpaired) electrons. The fourth-order valence-electron chi connectivity index (χ4n) is 3.71. The Morgan fingerprint density at radius 3 is 2.62 bits per heavy atom. The number of tetrazole rings is 1. The Hall–Kier alpha value is -4.34. The summed E-state index contributed by atoms with van der Waals surface area (Å²) in [4.78, 5) is 31.3. The van der Waals surface area contributed by atoms with Crippen LogP contribution in [0, 0.1) is 0 Å². The first-order valence-electron chi connectivity index (χ1n) is 10.2. The molecule has 1 saturated heterocycles. The van der Waals surface area contributed by atoms with Gasteiger partial charge in [0.15, 0.2) is 0 Å². The lowest BCUT2D eigenvalue weighted by atomic mass is 10.1. The molecule has 0 atom stereocenters. The van der Waals surface area contributed by atoms with Gasteiger partial charge in [-0.05, 0) is 35.2 Å². The second-order valence-electron chi connectivity index (χ2n) is 7.31. The molecule has 32 heavy (non-hydrogen) atoms. The van der Waals surface area contributed by atoms with Crippen molar-refractivity contribution in [3.63, 3.8) is 0 Å². The van der Waals surface area contributed by atoms with Crippen LogP contribution >= 0.6 is 0 Å². The molecule has 3 amide bonds. The Morgan fingerprint density at radius 2 is 1.75 bits per heavy atom. The largest absolute Gasteiger partial charge is 0.340 e. The summed E-state index contributed by atoms with van der Waals surface area (Å²) in [6, 6.07) is 18.6. The number of fused-ring (bicyclic) bond motifs is 1. The van der Waals surface area contributed by atoms with Crippen molar-refractivity contribution in [3.05, 3.63) is 66.9 Å². The molecule has 0 saturated carbocycles. The standard InChI is InChI=1S/C22H20N8O2/c31-20(15-30-26-21(25-27-30)19-10-3-4-12-23-19)28-13-6-14-29(28)22(32)24-18-11-5-8-16-7-1-2-9-17(16)18/h1-5,7-12H,6,13-15H2,(H,24,32). The summed E-state index contributed by atoms with van der Waals surface area (Å²) in [5.74, 6) is 0.0471. The van der Waals surface area contributed by atoms with Crippen LogP contribution < -0.4 is 5.32 Å². The van der Waals surface area contributed by atoms with Gasteiger partial charge in [0, 0.05) is 24.7 Å². The number of nitrogens with one attached hydrogen (secondary N) is 1. The average molecular weight is 428 g/mol. The van der Waals surface area contributed by atoms with Gasteiger partial charge in [-0.3, -0.25) is 9.78 Å². The molecule has 0 aliphatic carbocycles. The topological polar surface area (TPSA) is 109 Å². The molecular formula is C22H20N8O2. The van der Waals surface area contributed by atoms with E-state index < -0.39 is 0 Å². The number of hydrogen-bond acceptors (Lipinski definition) is 6. The van der Waals surface area contributed by atoms with Gasteiger partial charge >= 0.3 is 6.03 Å². The summed E-state index contributed by atoms with van der Waals surface area (Å²) in [5, 5.41) is 19.9. The number of aromatic nitrogens is 5. The number of hydrogen-bond donors (Lipinski definition) is 1. The Labute approximate surface area is 183 Å². The van der Waals surface area contributed by atoms with E-state index in [9.17, 15) is 9.59 Å². The second-order valence-corrected chi connectivity index (χ2v) is 7.31. The van der Waals surface area contributed by atoms with Crippen LogP contribution in [0.2, 0.25) is 0 Å². The van der Waals surface area contributed by atoms with E-state index in [-0.39, 0.29) is 18.5 Å². The lowest BCUT2D eigenvalue weighted by Crippen LogP contribution is -2.48. The van der Waals surface area contributed by atoms with Crippen molar-refractivity contribution in [3.8, 4) is 11.5 Å². The van der Waals surface area contributed by atoms with Crippen LogP contribution in [0.5, 0.6) is 0 Å². The molecule has 5 rings (SSSR count). The van der Waals surface area contributed by atoms with Gasteiger partial charge in [0.05, 0.1) is 5.69 Å². The van der Waals surface area contributed by atoms with Gasteiger partial charge in [0.25, 0.3) is 5.91 Å². The Balaban J connectivity index is 1.28. The minimum absolute atomic E-state index is 0.127. The minimum atomic E-state index is -0.354. The highest BCUT2D eigenvalue weighted by Crippen LogP contribution is 2.24. The highest BCUT2D eigenvalue weighted by Gasteiger charge is 2.31. The van der Waals surface area contributed by atoms with E-state index in [2.05, 4.69) is 25.7 Å². The van der Waals surface area contributed by atoms with Gasteiger partial charge in [-0.25, -0.2) is 14.8 Å². The predicted octanol–water partition coefficient (Wildman–Crippen LogP) is 2.57. The van der Waals surface area contributed by atoms with Gasteiger partial charge in [-0.15, -0.1) is 10.2 Å². The zero-order valence-electron chi connectivity index (χ0n) is 17.1. The summed E-state index contributed by atoms with van der Waals surface area (Å²) in [5.41, 5.74) is 1.27. The van der Waals surface area contributed by atoms with Crippen LogP contribution in [-0.2, 0) is 11.3 Å². The zero-order chi connectivity index (χ0) is 21.9. The third kappa shape index (κ3) is 3.85. The number of nitrogens with zero attached hydrogens (tertiary/aromatic N) is 7. The van der Waals surface area contributed by atoms with E-state index in [1.165, 1.54) is 14.8 Å². The molecule has 2 aromatic heterocycles. The average Bonchev–Trinajstić information content (AvgIpc) is 3.50. The molecule has 10 heteroatoms. The maximum absolute atomic E-state index is 13.0. The lowest BCUT2D eigenvalue weighted by molar-refractivity contribution is -0.141.